The fourth-order valence-electron chi connectivity index (χ4n) is 4.18. The monoisotopic (exact) mass is 605 g/mol. The van der Waals surface area contributed by atoms with Gasteiger partial charge in [-0.05, 0) is 37.0 Å². The number of nitrogens with two attached hydrogens (primary N) is 1. The standard InChI is InChI=1S/C25H31N7O9S/c1-31(10-9-12-11-32(2)20-19(12)22(37)30-25(26)29-20)17-7-5-15(42-17)21(36)28-14(24(40)41)3-6-16(33)27-13(23(38)39)4-8-18(34)35/h5,7,11,13-14H,3-4,6,8-10H2,1-2H3,(H,27,33)(H,28,36)(H,34,35)(H,38,39)(H,40,41)(H3,26,29,30,37)/t13-,14-/m0/s1. The summed E-state index contributed by atoms with van der Waals surface area (Å²) in [7, 11) is 3.57. The lowest BCUT2D eigenvalue weighted by Gasteiger charge is -2.17. The molecular weight excluding hydrogens is 574 g/mol. The molecule has 0 saturated carbocycles. The minimum atomic E-state index is -1.44. The van der Waals surface area contributed by atoms with Crippen molar-refractivity contribution in [3.05, 3.63) is 39.1 Å². The van der Waals surface area contributed by atoms with Gasteiger partial charge in [0.15, 0.2) is 0 Å². The van der Waals surface area contributed by atoms with Crippen LogP contribution in [-0.2, 0) is 32.6 Å². The number of amides is 2. The number of hydrogen-bond acceptors (Lipinski definition) is 10. The van der Waals surface area contributed by atoms with E-state index in [4.69, 9.17) is 15.9 Å². The number of likely N-dealkylation sites (N-methyl/N-ethyl adjacent to an activating group) is 1. The van der Waals surface area contributed by atoms with E-state index < -0.39 is 54.6 Å². The Morgan fingerprint density at radius 3 is 2.36 bits per heavy atom. The van der Waals surface area contributed by atoms with Crippen molar-refractivity contribution in [3.8, 4) is 0 Å². The number of carbonyl (C=O) groups excluding carboxylic acids is 2. The fraction of sp³-hybridized carbons (Fsp3) is 0.400. The van der Waals surface area contributed by atoms with Crippen molar-refractivity contribution in [1.29, 1.82) is 0 Å². The van der Waals surface area contributed by atoms with Gasteiger partial charge in [-0.3, -0.25) is 24.2 Å². The van der Waals surface area contributed by atoms with Crippen molar-refractivity contribution < 1.29 is 39.3 Å². The maximum atomic E-state index is 12.8. The van der Waals surface area contributed by atoms with Gasteiger partial charge in [0.25, 0.3) is 11.5 Å². The Bertz CT molecular complexity index is 1560. The number of aromatic nitrogens is 3. The smallest absolute Gasteiger partial charge is 0.326 e. The van der Waals surface area contributed by atoms with Crippen LogP contribution < -0.4 is 26.8 Å². The molecule has 3 heterocycles. The minimum absolute atomic E-state index is 0.0231. The fourth-order valence-corrected chi connectivity index (χ4v) is 5.08. The van der Waals surface area contributed by atoms with Crippen molar-refractivity contribution in [2.75, 3.05) is 24.2 Å². The Balaban J connectivity index is 1.57. The van der Waals surface area contributed by atoms with Gasteiger partial charge >= 0.3 is 17.9 Å². The second-order valence-corrected chi connectivity index (χ2v) is 10.6. The number of nitrogen functional groups attached to an aromatic ring is 1. The lowest BCUT2D eigenvalue weighted by atomic mass is 10.1. The van der Waals surface area contributed by atoms with E-state index in [1.165, 1.54) is 6.07 Å². The number of nitrogens with one attached hydrogen (secondary N) is 3. The van der Waals surface area contributed by atoms with Crippen LogP contribution in [0.4, 0.5) is 10.9 Å². The van der Waals surface area contributed by atoms with Gasteiger partial charge in [-0.25, -0.2) is 9.59 Å². The molecular formula is C25H31N7O9S. The van der Waals surface area contributed by atoms with Crippen LogP contribution in [0.2, 0.25) is 0 Å². The summed E-state index contributed by atoms with van der Waals surface area (Å²) in [6.07, 6.45) is 0.755. The highest BCUT2D eigenvalue weighted by atomic mass is 32.1. The molecule has 42 heavy (non-hydrogen) atoms. The third-order valence-corrected chi connectivity index (χ3v) is 7.57. The lowest BCUT2D eigenvalue weighted by Crippen LogP contribution is -2.44. The topological polar surface area (TPSA) is 250 Å². The third-order valence-electron chi connectivity index (χ3n) is 6.38. The van der Waals surface area contributed by atoms with Crippen LogP contribution in [0.5, 0.6) is 0 Å². The Morgan fingerprint density at radius 1 is 1.07 bits per heavy atom. The van der Waals surface area contributed by atoms with Crippen LogP contribution >= 0.6 is 11.3 Å². The molecule has 0 radical (unpaired) electrons. The molecule has 8 N–H and O–H groups in total. The van der Waals surface area contributed by atoms with Gasteiger partial charge < -0.3 is 41.2 Å². The van der Waals surface area contributed by atoms with Crippen molar-refractivity contribution in [2.45, 2.75) is 44.2 Å². The number of aromatic amines is 1. The molecule has 2 amide bonds. The molecule has 17 heteroatoms. The summed E-state index contributed by atoms with van der Waals surface area (Å²) in [5, 5.41) is 33.1. The van der Waals surface area contributed by atoms with Gasteiger partial charge in [0, 0.05) is 39.7 Å². The molecule has 0 bridgehead atoms. The number of hydrogen-bond donors (Lipinski definition) is 7. The number of fused-ring (bicyclic) bond motifs is 1. The highest BCUT2D eigenvalue weighted by Gasteiger charge is 2.25. The molecule has 3 aromatic heterocycles. The molecule has 3 aromatic rings. The second kappa shape index (κ2) is 13.6. The van der Waals surface area contributed by atoms with Crippen molar-refractivity contribution in [2.24, 2.45) is 7.05 Å². The summed E-state index contributed by atoms with van der Waals surface area (Å²) in [5.74, 6) is -5.46. The molecule has 0 aliphatic heterocycles. The summed E-state index contributed by atoms with van der Waals surface area (Å²) in [4.78, 5) is 79.8. The molecule has 0 saturated heterocycles. The van der Waals surface area contributed by atoms with E-state index in [9.17, 15) is 33.9 Å². The van der Waals surface area contributed by atoms with Crippen LogP contribution in [0, 0.1) is 0 Å². The largest absolute Gasteiger partial charge is 0.481 e. The Labute approximate surface area is 242 Å². The Hall–Kier alpha value is -4.93. The van der Waals surface area contributed by atoms with Crippen molar-refractivity contribution in [3.63, 3.8) is 0 Å². The number of thiophene rings is 1. The zero-order valence-corrected chi connectivity index (χ0v) is 23.6. The average Bonchev–Trinajstić information content (AvgIpc) is 3.52. The zero-order chi connectivity index (χ0) is 31.1. The van der Waals surface area contributed by atoms with Crippen molar-refractivity contribution >= 4 is 63.0 Å². The summed E-state index contributed by atoms with van der Waals surface area (Å²) in [5.41, 5.74) is 6.55. The number of carboxylic acids is 3. The van der Waals surface area contributed by atoms with Crippen LogP contribution in [-0.4, -0.2) is 85.3 Å². The second-order valence-electron chi connectivity index (χ2n) is 9.52. The number of aliphatic carboxylic acids is 3. The first-order valence-corrected chi connectivity index (χ1v) is 13.5. The van der Waals surface area contributed by atoms with Gasteiger partial charge in [-0.1, -0.05) is 0 Å². The molecule has 0 aliphatic carbocycles. The van der Waals surface area contributed by atoms with Gasteiger partial charge in [0.05, 0.1) is 15.3 Å². The van der Waals surface area contributed by atoms with E-state index in [0.29, 0.717) is 29.0 Å². The van der Waals surface area contributed by atoms with Gasteiger partial charge in [0.2, 0.25) is 11.9 Å². The number of carbonyl (C=O) groups is 5. The van der Waals surface area contributed by atoms with E-state index >= 15 is 0 Å². The summed E-state index contributed by atoms with van der Waals surface area (Å²) in [6.45, 7) is 0.487. The highest BCUT2D eigenvalue weighted by Crippen LogP contribution is 2.26. The molecule has 2 atom stereocenters. The predicted octanol–water partition coefficient (Wildman–Crippen LogP) is -0.0184. The first kappa shape index (κ1) is 31.6. The average molecular weight is 606 g/mol. The van der Waals surface area contributed by atoms with Crippen molar-refractivity contribution in [1.82, 2.24) is 25.2 Å². The van der Waals surface area contributed by atoms with Crippen LogP contribution in [0.3, 0.4) is 0 Å². The third kappa shape index (κ3) is 8.06. The normalized spacial score (nSPS) is 12.4. The lowest BCUT2D eigenvalue weighted by molar-refractivity contribution is -0.143. The SMILES string of the molecule is CN(CCc1cn(C)c2nc(N)[nH]c(=O)c12)c1ccc(C(=O)N[C@@H](CCC(=O)N[C@@H](CCC(=O)O)C(=O)O)C(=O)O)s1. The maximum absolute atomic E-state index is 12.8. The molecule has 0 fully saturated rings. The van der Waals surface area contributed by atoms with Gasteiger partial charge in [-0.2, -0.15) is 4.98 Å². The zero-order valence-electron chi connectivity index (χ0n) is 22.7. The molecule has 0 unspecified atom stereocenters. The predicted molar refractivity (Wildman–Crippen MR) is 152 cm³/mol. The van der Waals surface area contributed by atoms with E-state index in [1.54, 1.807) is 30.9 Å². The summed E-state index contributed by atoms with van der Waals surface area (Å²) >= 11 is 1.12. The highest BCUT2D eigenvalue weighted by molar-refractivity contribution is 7.18. The summed E-state index contributed by atoms with van der Waals surface area (Å²) < 4.78 is 1.72. The van der Waals surface area contributed by atoms with Gasteiger partial charge in [-0.15, -0.1) is 11.3 Å². The summed E-state index contributed by atoms with van der Waals surface area (Å²) in [6, 6.07) is 0.363. The number of carboxylic acid groups (broad SMARTS) is 3. The first-order valence-electron chi connectivity index (χ1n) is 12.7. The minimum Gasteiger partial charge on any atom is -0.481 e. The maximum Gasteiger partial charge on any atom is 0.326 e. The van der Waals surface area contributed by atoms with Crippen LogP contribution in [0.1, 0.15) is 40.9 Å². The Morgan fingerprint density at radius 2 is 1.71 bits per heavy atom. The number of nitrogens with zero attached hydrogens (tertiary/aromatic N) is 3. The number of H-pyrrole nitrogens is 1. The molecule has 0 aromatic carbocycles. The van der Waals surface area contributed by atoms with Crippen LogP contribution in [0.15, 0.2) is 23.1 Å². The molecule has 226 valence electrons. The van der Waals surface area contributed by atoms with Gasteiger partial charge in [0.1, 0.15) is 17.7 Å². The number of aryl methyl sites for hydroxylation is 1. The molecule has 16 nitrogen and oxygen atoms in total. The van der Waals surface area contributed by atoms with E-state index in [2.05, 4.69) is 20.6 Å². The number of rotatable bonds is 15. The first-order chi connectivity index (χ1) is 19.8. The quantitative estimate of drug-likeness (QED) is 0.121. The van der Waals surface area contributed by atoms with E-state index in [1.807, 2.05) is 4.90 Å². The molecule has 3 rings (SSSR count). The molecule has 0 aliphatic rings. The van der Waals surface area contributed by atoms with E-state index in [0.717, 1.165) is 16.9 Å². The van der Waals surface area contributed by atoms with Crippen LogP contribution in [0.25, 0.3) is 11.0 Å². The van der Waals surface area contributed by atoms with E-state index in [-0.39, 0.29) is 29.2 Å². The molecule has 0 spiro atoms. The number of anilines is 2. The Kier molecular flexibility index (Phi) is 10.2.